The molecule has 0 spiro atoms. The summed E-state index contributed by atoms with van der Waals surface area (Å²) in [5.41, 5.74) is 1.64. The maximum atomic E-state index is 11.4. The monoisotopic (exact) mass is 297 g/mol. The van der Waals surface area contributed by atoms with Crippen LogP contribution >= 0.6 is 0 Å². The number of urea groups is 1. The molecule has 20 heavy (non-hydrogen) atoms. The first-order chi connectivity index (χ1) is 9.48. The molecule has 2 amide bonds. The van der Waals surface area contributed by atoms with E-state index in [1.54, 1.807) is 19.2 Å². The van der Waals surface area contributed by atoms with E-state index in [9.17, 15) is 13.2 Å². The van der Waals surface area contributed by atoms with Crippen molar-refractivity contribution in [3.05, 3.63) is 24.3 Å². The van der Waals surface area contributed by atoms with Crippen LogP contribution in [0, 0.1) is 0 Å². The van der Waals surface area contributed by atoms with Gasteiger partial charge in [-0.2, -0.15) is 0 Å². The van der Waals surface area contributed by atoms with E-state index in [0.29, 0.717) is 18.5 Å². The summed E-state index contributed by atoms with van der Waals surface area (Å²) in [6, 6.07) is 7.27. The molecule has 1 aliphatic heterocycles. The fourth-order valence-corrected chi connectivity index (χ4v) is 3.60. The topological polar surface area (TPSA) is 87.3 Å². The Bertz CT molecular complexity index is 555. The van der Waals surface area contributed by atoms with Gasteiger partial charge in [-0.05, 0) is 37.1 Å². The smallest absolute Gasteiger partial charge is 0.318 e. The van der Waals surface area contributed by atoms with E-state index in [4.69, 9.17) is 0 Å². The summed E-state index contributed by atoms with van der Waals surface area (Å²) in [5, 5.41) is 8.48. The minimum atomic E-state index is -2.83. The first-order valence-corrected chi connectivity index (χ1v) is 8.36. The van der Waals surface area contributed by atoms with E-state index in [2.05, 4.69) is 16.0 Å². The number of anilines is 2. The van der Waals surface area contributed by atoms with Gasteiger partial charge in [0.2, 0.25) is 0 Å². The molecule has 3 N–H and O–H groups in total. The Labute approximate surface area is 118 Å². The number of sulfone groups is 1. The van der Waals surface area contributed by atoms with Crippen LogP contribution in [0.3, 0.4) is 0 Å². The van der Waals surface area contributed by atoms with Crippen molar-refractivity contribution in [1.82, 2.24) is 5.32 Å². The summed E-state index contributed by atoms with van der Waals surface area (Å²) in [6.07, 6.45) is 1.28. The molecule has 0 radical (unpaired) electrons. The molecule has 7 heteroatoms. The molecule has 0 atom stereocenters. The van der Waals surface area contributed by atoms with Crippen molar-refractivity contribution in [2.45, 2.75) is 18.9 Å². The Kier molecular flexibility index (Phi) is 4.49. The van der Waals surface area contributed by atoms with E-state index < -0.39 is 9.84 Å². The van der Waals surface area contributed by atoms with Crippen molar-refractivity contribution in [1.29, 1.82) is 0 Å². The number of nitrogens with one attached hydrogen (secondary N) is 3. The highest BCUT2D eigenvalue weighted by atomic mass is 32.2. The molecule has 1 aromatic rings. The molecule has 2 rings (SSSR count). The molecule has 1 aliphatic rings. The van der Waals surface area contributed by atoms with E-state index >= 15 is 0 Å². The number of carbonyl (C=O) groups is 1. The summed E-state index contributed by atoms with van der Waals surface area (Å²) in [7, 11) is -1.27. The highest BCUT2D eigenvalue weighted by Crippen LogP contribution is 2.19. The molecule has 110 valence electrons. The van der Waals surface area contributed by atoms with Crippen LogP contribution in [-0.2, 0) is 9.84 Å². The van der Waals surface area contributed by atoms with Gasteiger partial charge in [0.05, 0.1) is 11.5 Å². The summed E-state index contributed by atoms with van der Waals surface area (Å²) >= 11 is 0. The van der Waals surface area contributed by atoms with Crippen molar-refractivity contribution in [2.75, 3.05) is 29.2 Å². The quantitative estimate of drug-likeness (QED) is 0.787. The zero-order chi connectivity index (χ0) is 14.6. The van der Waals surface area contributed by atoms with Gasteiger partial charge in [0.15, 0.2) is 0 Å². The van der Waals surface area contributed by atoms with E-state index in [1.165, 1.54) is 0 Å². The summed E-state index contributed by atoms with van der Waals surface area (Å²) < 4.78 is 22.7. The molecule has 0 unspecified atom stereocenters. The Morgan fingerprint density at radius 2 is 1.65 bits per heavy atom. The lowest BCUT2D eigenvalue weighted by molar-refractivity contribution is 0.254. The van der Waals surface area contributed by atoms with Crippen molar-refractivity contribution in [2.24, 2.45) is 0 Å². The highest BCUT2D eigenvalue weighted by Gasteiger charge is 2.23. The van der Waals surface area contributed by atoms with Crippen LogP contribution in [0.2, 0.25) is 0 Å². The minimum absolute atomic E-state index is 0.191. The Balaban J connectivity index is 1.89. The van der Waals surface area contributed by atoms with E-state index in [1.807, 2.05) is 12.1 Å². The van der Waals surface area contributed by atoms with Gasteiger partial charge in [0.25, 0.3) is 0 Å². The predicted molar refractivity (Wildman–Crippen MR) is 79.8 cm³/mol. The van der Waals surface area contributed by atoms with Crippen LogP contribution < -0.4 is 16.0 Å². The third-order valence-electron chi connectivity index (χ3n) is 3.30. The standard InChI is InChI=1S/C13H19N3O3S/c1-14-13(17)16-11-4-2-10(3-5-11)15-12-6-8-20(18,19)9-7-12/h2-5,12,15H,6-9H2,1H3,(H2,14,16,17). The third kappa shape index (κ3) is 4.12. The average Bonchev–Trinajstić information content (AvgIpc) is 2.43. The molecule has 0 saturated carbocycles. The lowest BCUT2D eigenvalue weighted by Crippen LogP contribution is -2.32. The maximum Gasteiger partial charge on any atom is 0.318 e. The number of rotatable bonds is 3. The Morgan fingerprint density at radius 3 is 2.20 bits per heavy atom. The number of hydrogen-bond acceptors (Lipinski definition) is 4. The highest BCUT2D eigenvalue weighted by molar-refractivity contribution is 7.91. The molecule has 0 aliphatic carbocycles. The zero-order valence-electron chi connectivity index (χ0n) is 11.3. The van der Waals surface area contributed by atoms with Crippen LogP contribution in [0.5, 0.6) is 0 Å². The molecular formula is C13H19N3O3S. The van der Waals surface area contributed by atoms with Crippen LogP contribution in [0.15, 0.2) is 24.3 Å². The minimum Gasteiger partial charge on any atom is -0.382 e. The summed E-state index contributed by atoms with van der Waals surface area (Å²) in [6.45, 7) is 0. The number of hydrogen-bond donors (Lipinski definition) is 3. The largest absolute Gasteiger partial charge is 0.382 e. The second-order valence-electron chi connectivity index (χ2n) is 4.85. The molecule has 1 aromatic carbocycles. The van der Waals surface area contributed by atoms with Gasteiger partial charge in [-0.3, -0.25) is 0 Å². The number of carbonyl (C=O) groups excluding carboxylic acids is 1. The number of benzene rings is 1. The molecule has 1 heterocycles. The maximum absolute atomic E-state index is 11.4. The second-order valence-corrected chi connectivity index (χ2v) is 7.16. The van der Waals surface area contributed by atoms with Gasteiger partial charge in [0, 0.05) is 24.5 Å². The van der Waals surface area contributed by atoms with Crippen molar-refractivity contribution in [3.63, 3.8) is 0 Å². The lowest BCUT2D eigenvalue weighted by atomic mass is 10.1. The first kappa shape index (κ1) is 14.6. The van der Waals surface area contributed by atoms with Crippen LogP contribution in [0.1, 0.15) is 12.8 Å². The van der Waals surface area contributed by atoms with Crippen molar-refractivity contribution in [3.8, 4) is 0 Å². The normalized spacial score (nSPS) is 18.2. The second kappa shape index (κ2) is 6.13. The molecule has 1 fully saturated rings. The zero-order valence-corrected chi connectivity index (χ0v) is 12.2. The average molecular weight is 297 g/mol. The van der Waals surface area contributed by atoms with Gasteiger partial charge in [-0.25, -0.2) is 13.2 Å². The van der Waals surface area contributed by atoms with E-state index in [-0.39, 0.29) is 23.6 Å². The summed E-state index contributed by atoms with van der Waals surface area (Å²) in [5.74, 6) is 0.502. The Hall–Kier alpha value is -1.76. The van der Waals surface area contributed by atoms with Gasteiger partial charge >= 0.3 is 6.03 Å². The van der Waals surface area contributed by atoms with Crippen molar-refractivity contribution < 1.29 is 13.2 Å². The van der Waals surface area contributed by atoms with Crippen LogP contribution in [0.25, 0.3) is 0 Å². The molecule has 0 bridgehead atoms. The molecular weight excluding hydrogens is 278 g/mol. The third-order valence-corrected chi connectivity index (χ3v) is 5.01. The lowest BCUT2D eigenvalue weighted by Gasteiger charge is -2.24. The Morgan fingerprint density at radius 1 is 1.10 bits per heavy atom. The van der Waals surface area contributed by atoms with E-state index in [0.717, 1.165) is 5.69 Å². The summed E-state index contributed by atoms with van der Waals surface area (Å²) in [4.78, 5) is 11.1. The van der Waals surface area contributed by atoms with Crippen molar-refractivity contribution >= 4 is 27.2 Å². The fraction of sp³-hybridized carbons (Fsp3) is 0.462. The van der Waals surface area contributed by atoms with Gasteiger partial charge in [-0.1, -0.05) is 0 Å². The first-order valence-electron chi connectivity index (χ1n) is 6.54. The molecule has 0 aromatic heterocycles. The molecule has 6 nitrogen and oxygen atoms in total. The van der Waals surface area contributed by atoms with Gasteiger partial charge < -0.3 is 16.0 Å². The predicted octanol–water partition coefficient (Wildman–Crippen LogP) is 1.43. The van der Waals surface area contributed by atoms with Gasteiger partial charge in [0.1, 0.15) is 9.84 Å². The fourth-order valence-electron chi connectivity index (χ4n) is 2.11. The molecule has 1 saturated heterocycles. The number of amides is 2. The van der Waals surface area contributed by atoms with Crippen LogP contribution in [0.4, 0.5) is 16.2 Å². The SMILES string of the molecule is CNC(=O)Nc1ccc(NC2CCS(=O)(=O)CC2)cc1. The van der Waals surface area contributed by atoms with Gasteiger partial charge in [-0.15, -0.1) is 0 Å². The van der Waals surface area contributed by atoms with Crippen LogP contribution in [-0.4, -0.2) is 39.0 Å².